The Morgan fingerprint density at radius 3 is 2.45 bits per heavy atom. The molecule has 0 unspecified atom stereocenters. The zero-order valence-electron chi connectivity index (χ0n) is 21.2. The third-order valence-electron chi connectivity index (χ3n) is 7.02. The first-order chi connectivity index (χ1) is 18.2. The van der Waals surface area contributed by atoms with Crippen molar-refractivity contribution >= 4 is 34.7 Å². The Morgan fingerprint density at radius 2 is 1.84 bits per heavy atom. The highest BCUT2D eigenvalue weighted by atomic mass is 19.1. The minimum Gasteiger partial charge on any atom is -0.493 e. The number of carbonyl (C=O) groups is 2. The van der Waals surface area contributed by atoms with Crippen LogP contribution in [0.3, 0.4) is 0 Å². The van der Waals surface area contributed by atoms with E-state index in [4.69, 9.17) is 9.47 Å². The fraction of sp³-hybridized carbons (Fsp3) is 0.250. The highest BCUT2D eigenvalue weighted by Gasteiger charge is 2.57. The lowest BCUT2D eigenvalue weighted by Gasteiger charge is -2.35. The summed E-state index contributed by atoms with van der Waals surface area (Å²) in [5.74, 6) is -2.68. The van der Waals surface area contributed by atoms with E-state index in [0.29, 0.717) is 35.6 Å². The summed E-state index contributed by atoms with van der Waals surface area (Å²) in [5.41, 5.74) is 2.09. The first kappa shape index (κ1) is 25.2. The predicted molar refractivity (Wildman–Crippen MR) is 139 cm³/mol. The largest absolute Gasteiger partial charge is 0.493 e. The lowest BCUT2D eigenvalue weighted by Crippen LogP contribution is -2.45. The number of nitrogens with zero attached hydrogens (tertiary/aromatic N) is 2. The number of para-hydroxylation sites is 1. The van der Waals surface area contributed by atoms with Crippen LogP contribution < -0.4 is 25.0 Å². The van der Waals surface area contributed by atoms with Crippen LogP contribution in [0, 0.1) is 18.6 Å². The Labute approximate surface area is 218 Å². The van der Waals surface area contributed by atoms with Gasteiger partial charge in [-0.1, -0.05) is 18.7 Å². The van der Waals surface area contributed by atoms with Gasteiger partial charge in [0, 0.05) is 12.3 Å². The molecule has 1 aliphatic heterocycles. The van der Waals surface area contributed by atoms with Crippen LogP contribution in [-0.2, 0) is 21.5 Å². The van der Waals surface area contributed by atoms with Crippen molar-refractivity contribution in [2.45, 2.75) is 31.7 Å². The number of nitrogens with one attached hydrogen (secondary N) is 2. The predicted octanol–water partition coefficient (Wildman–Crippen LogP) is 5.13. The Hall–Kier alpha value is -4.47. The number of pyridine rings is 1. The minimum atomic E-state index is -0.974. The summed E-state index contributed by atoms with van der Waals surface area (Å²) < 4.78 is 40.7. The van der Waals surface area contributed by atoms with Gasteiger partial charge < -0.3 is 25.0 Å². The second-order valence-electron chi connectivity index (χ2n) is 9.27. The molecule has 1 aliphatic carbocycles. The zero-order valence-corrected chi connectivity index (χ0v) is 21.2. The molecule has 1 aromatic heterocycles. The number of hydrogen-bond donors (Lipinski definition) is 2. The van der Waals surface area contributed by atoms with E-state index in [1.807, 2.05) is 19.1 Å². The van der Waals surface area contributed by atoms with Gasteiger partial charge in [0.05, 0.1) is 37.6 Å². The zero-order chi connectivity index (χ0) is 27.2. The van der Waals surface area contributed by atoms with E-state index in [0.717, 1.165) is 22.1 Å². The molecule has 0 radical (unpaired) electrons. The summed E-state index contributed by atoms with van der Waals surface area (Å²) in [5, 5.41) is 6.03. The van der Waals surface area contributed by atoms with Crippen LogP contribution in [0.25, 0.3) is 0 Å². The average Bonchev–Trinajstić information content (AvgIpc) is 3.71. The molecule has 3 aromatic rings. The number of ether oxygens (including phenoxy) is 2. The van der Waals surface area contributed by atoms with Crippen LogP contribution in [-0.4, -0.2) is 31.0 Å². The maximum Gasteiger partial charge on any atom is 0.247 e. The van der Waals surface area contributed by atoms with Crippen molar-refractivity contribution in [2.75, 3.05) is 29.8 Å². The molecule has 0 atom stereocenters. The number of aromatic nitrogens is 1. The van der Waals surface area contributed by atoms with E-state index in [1.54, 1.807) is 18.3 Å². The molecule has 196 valence electrons. The lowest BCUT2D eigenvalue weighted by molar-refractivity contribution is -0.121. The number of aryl methyl sites for hydroxylation is 1. The van der Waals surface area contributed by atoms with Crippen LogP contribution in [0.1, 0.15) is 29.5 Å². The van der Waals surface area contributed by atoms with Crippen molar-refractivity contribution in [1.29, 1.82) is 0 Å². The van der Waals surface area contributed by atoms with Gasteiger partial charge in [0.2, 0.25) is 11.8 Å². The number of benzene rings is 2. The van der Waals surface area contributed by atoms with E-state index in [1.165, 1.54) is 20.3 Å². The smallest absolute Gasteiger partial charge is 0.247 e. The van der Waals surface area contributed by atoms with Gasteiger partial charge in [0.15, 0.2) is 23.1 Å². The third-order valence-corrected chi connectivity index (χ3v) is 7.02. The first-order valence-electron chi connectivity index (χ1n) is 12.0. The van der Waals surface area contributed by atoms with Crippen molar-refractivity contribution in [3.8, 4) is 11.5 Å². The number of anilines is 4. The molecule has 8 nitrogen and oxygen atoms in total. The molecule has 10 heteroatoms. The maximum absolute atomic E-state index is 15.3. The third kappa shape index (κ3) is 4.02. The van der Waals surface area contributed by atoms with Gasteiger partial charge in [-0.2, -0.15) is 0 Å². The minimum absolute atomic E-state index is 0.0711. The van der Waals surface area contributed by atoms with Crippen molar-refractivity contribution < 1.29 is 27.8 Å². The Balaban J connectivity index is 1.53. The number of rotatable bonds is 7. The van der Waals surface area contributed by atoms with Crippen molar-refractivity contribution in [3.05, 3.63) is 77.5 Å². The van der Waals surface area contributed by atoms with Gasteiger partial charge >= 0.3 is 0 Å². The molecule has 1 fully saturated rings. The van der Waals surface area contributed by atoms with Gasteiger partial charge in [-0.25, -0.2) is 13.8 Å². The monoisotopic (exact) mass is 520 g/mol. The maximum atomic E-state index is 15.3. The molecule has 0 saturated heterocycles. The number of fused-ring (bicyclic) bond motifs is 2. The Kier molecular flexibility index (Phi) is 6.26. The van der Waals surface area contributed by atoms with E-state index < -0.39 is 28.6 Å². The van der Waals surface area contributed by atoms with Gasteiger partial charge in [-0.15, -0.1) is 0 Å². The van der Waals surface area contributed by atoms with Crippen LogP contribution in [0.5, 0.6) is 11.5 Å². The van der Waals surface area contributed by atoms with Crippen molar-refractivity contribution in [2.24, 2.45) is 0 Å². The second kappa shape index (κ2) is 9.44. The lowest BCUT2D eigenvalue weighted by atomic mass is 9.86. The van der Waals surface area contributed by atoms with Gasteiger partial charge in [-0.05, 0) is 54.7 Å². The number of halogens is 2. The molecular formula is C28H26F2N4O4. The molecule has 0 bridgehead atoms. The molecule has 2 aromatic carbocycles. The Morgan fingerprint density at radius 1 is 1.16 bits per heavy atom. The number of carbonyl (C=O) groups excluding carboxylic acids is 2. The SMILES string of the molecule is C=CC(=O)Nc1cccc(C)c1Nc1cc2c(cn1)CN(c1c(F)c(OC)cc(OC)c1F)C(=O)C21CC1. The number of hydrogen-bond acceptors (Lipinski definition) is 6. The summed E-state index contributed by atoms with van der Waals surface area (Å²) in [6.07, 6.45) is 3.86. The quantitative estimate of drug-likeness (QED) is 0.420. The summed E-state index contributed by atoms with van der Waals surface area (Å²) in [6, 6.07) is 8.37. The van der Waals surface area contributed by atoms with Crippen LogP contribution in [0.15, 0.2) is 49.2 Å². The van der Waals surface area contributed by atoms with E-state index >= 15 is 8.78 Å². The topological polar surface area (TPSA) is 92.8 Å². The fourth-order valence-corrected chi connectivity index (χ4v) is 4.89. The second-order valence-corrected chi connectivity index (χ2v) is 9.27. The number of methoxy groups -OCH3 is 2. The van der Waals surface area contributed by atoms with E-state index in [9.17, 15) is 9.59 Å². The van der Waals surface area contributed by atoms with Crippen LogP contribution >= 0.6 is 0 Å². The normalized spacial score (nSPS) is 15.1. The fourth-order valence-electron chi connectivity index (χ4n) is 4.89. The molecule has 38 heavy (non-hydrogen) atoms. The summed E-state index contributed by atoms with van der Waals surface area (Å²) in [7, 11) is 2.52. The standard InChI is InChI=1S/C28H26F2N4O4/c1-5-22(35)32-18-8-6-7-15(2)25(18)33-21-11-17-16(13-31-21)14-34(27(36)28(17)9-10-28)26-23(29)19(37-3)12-20(38-4)24(26)30/h5-8,11-13H,1,9-10,14H2,2-4H3,(H,31,33)(H,32,35). The van der Waals surface area contributed by atoms with E-state index in [2.05, 4.69) is 22.2 Å². The molecular weight excluding hydrogens is 494 g/mol. The van der Waals surface area contributed by atoms with E-state index in [-0.39, 0.29) is 24.0 Å². The summed E-state index contributed by atoms with van der Waals surface area (Å²) >= 11 is 0. The van der Waals surface area contributed by atoms with Crippen molar-refractivity contribution in [1.82, 2.24) is 4.98 Å². The number of amides is 2. The first-order valence-corrected chi connectivity index (χ1v) is 12.0. The van der Waals surface area contributed by atoms with Gasteiger partial charge in [0.25, 0.3) is 0 Å². The highest BCUT2D eigenvalue weighted by molar-refractivity contribution is 6.06. The molecule has 2 heterocycles. The molecule has 2 N–H and O–H groups in total. The molecule has 2 amide bonds. The highest BCUT2D eigenvalue weighted by Crippen LogP contribution is 2.55. The summed E-state index contributed by atoms with van der Waals surface area (Å²) in [4.78, 5) is 31.3. The molecule has 2 aliphatic rings. The molecule has 1 spiro atoms. The summed E-state index contributed by atoms with van der Waals surface area (Å²) in [6.45, 7) is 5.30. The molecule has 1 saturated carbocycles. The average molecular weight is 521 g/mol. The molecule has 5 rings (SSSR count). The Bertz CT molecular complexity index is 1460. The van der Waals surface area contributed by atoms with Crippen LogP contribution in [0.4, 0.5) is 31.7 Å². The van der Waals surface area contributed by atoms with Crippen molar-refractivity contribution in [3.63, 3.8) is 0 Å². The van der Waals surface area contributed by atoms with Gasteiger partial charge in [-0.3, -0.25) is 9.59 Å². The van der Waals surface area contributed by atoms with Gasteiger partial charge in [0.1, 0.15) is 11.5 Å². The van der Waals surface area contributed by atoms with Crippen LogP contribution in [0.2, 0.25) is 0 Å².